The number of hydrogen-bond donors (Lipinski definition) is 0. The van der Waals surface area contributed by atoms with Crippen LogP contribution in [0.15, 0.2) is 11.6 Å². The van der Waals surface area contributed by atoms with Gasteiger partial charge in [0.2, 0.25) is 0 Å². The summed E-state index contributed by atoms with van der Waals surface area (Å²) in [6.07, 6.45) is 11.0. The van der Waals surface area contributed by atoms with Crippen molar-refractivity contribution in [2.24, 2.45) is 5.92 Å². The molecule has 2 heterocycles. The number of ether oxygens (including phenoxy) is 2. The fourth-order valence-corrected chi connectivity index (χ4v) is 3.81. The van der Waals surface area contributed by atoms with Crippen molar-refractivity contribution in [2.45, 2.75) is 96.9 Å². The first kappa shape index (κ1) is 17.0. The minimum Gasteiger partial charge on any atom is -0.371 e. The van der Waals surface area contributed by atoms with Crippen LogP contribution in [0.2, 0.25) is 0 Å². The minimum atomic E-state index is -0.0955. The van der Waals surface area contributed by atoms with Gasteiger partial charge < -0.3 is 9.47 Å². The van der Waals surface area contributed by atoms with E-state index in [0.717, 1.165) is 25.9 Å². The molecule has 2 nitrogen and oxygen atoms in total. The Labute approximate surface area is 131 Å². The molecule has 0 aliphatic carbocycles. The second-order valence-corrected chi connectivity index (χ2v) is 7.39. The van der Waals surface area contributed by atoms with Crippen LogP contribution in [0.25, 0.3) is 0 Å². The van der Waals surface area contributed by atoms with Crippen LogP contribution in [0.4, 0.5) is 0 Å². The monoisotopic (exact) mass is 294 g/mol. The summed E-state index contributed by atoms with van der Waals surface area (Å²) in [7, 11) is 0. The molecule has 2 heteroatoms. The Balaban J connectivity index is 2.25. The third-order valence-electron chi connectivity index (χ3n) is 5.43. The molecule has 2 aliphatic heterocycles. The molecule has 0 spiro atoms. The maximum atomic E-state index is 6.62. The predicted octanol–water partition coefficient (Wildman–Crippen LogP) is 5.27. The molecule has 122 valence electrons. The molecule has 3 atom stereocenters. The van der Waals surface area contributed by atoms with Gasteiger partial charge in [0.25, 0.3) is 0 Å². The highest BCUT2D eigenvalue weighted by atomic mass is 16.5. The molecule has 0 aromatic carbocycles. The van der Waals surface area contributed by atoms with Gasteiger partial charge in [0.15, 0.2) is 0 Å². The fourth-order valence-electron chi connectivity index (χ4n) is 3.81. The van der Waals surface area contributed by atoms with Crippen molar-refractivity contribution in [1.82, 2.24) is 0 Å². The first-order chi connectivity index (χ1) is 9.97. The molecular formula is C19H34O2. The van der Waals surface area contributed by atoms with Gasteiger partial charge in [-0.1, -0.05) is 53.4 Å². The van der Waals surface area contributed by atoms with Crippen LogP contribution >= 0.6 is 0 Å². The molecule has 0 aromatic heterocycles. The SMILES string of the molecule is CCCCC1(C)OCCC2OC(CCCC)(C(C)C)C=C21. The van der Waals surface area contributed by atoms with Crippen LogP contribution < -0.4 is 0 Å². The Morgan fingerprint density at radius 2 is 1.86 bits per heavy atom. The molecule has 0 aromatic rings. The summed E-state index contributed by atoms with van der Waals surface area (Å²) in [6.45, 7) is 12.2. The third kappa shape index (κ3) is 3.37. The first-order valence-electron chi connectivity index (χ1n) is 9.02. The average molecular weight is 294 g/mol. The van der Waals surface area contributed by atoms with Crippen LogP contribution in [0.1, 0.15) is 79.6 Å². The van der Waals surface area contributed by atoms with Crippen molar-refractivity contribution >= 4 is 0 Å². The van der Waals surface area contributed by atoms with E-state index in [1.807, 2.05) is 0 Å². The van der Waals surface area contributed by atoms with E-state index in [1.165, 1.54) is 31.3 Å². The molecule has 0 radical (unpaired) electrons. The van der Waals surface area contributed by atoms with Gasteiger partial charge in [-0.15, -0.1) is 0 Å². The van der Waals surface area contributed by atoms with Crippen LogP contribution in [0, 0.1) is 5.92 Å². The summed E-state index contributed by atoms with van der Waals surface area (Å²) < 4.78 is 12.8. The smallest absolute Gasteiger partial charge is 0.0898 e. The molecule has 21 heavy (non-hydrogen) atoms. The zero-order valence-electron chi connectivity index (χ0n) is 14.7. The Hall–Kier alpha value is -0.340. The first-order valence-corrected chi connectivity index (χ1v) is 9.02. The van der Waals surface area contributed by atoms with Gasteiger partial charge in [-0.3, -0.25) is 0 Å². The van der Waals surface area contributed by atoms with Gasteiger partial charge in [-0.2, -0.15) is 0 Å². The van der Waals surface area contributed by atoms with Crippen molar-refractivity contribution in [1.29, 1.82) is 0 Å². The summed E-state index contributed by atoms with van der Waals surface area (Å²) in [6, 6.07) is 0. The quantitative estimate of drug-likeness (QED) is 0.596. The molecule has 1 fully saturated rings. The van der Waals surface area contributed by atoms with Crippen molar-refractivity contribution in [3.05, 3.63) is 11.6 Å². The van der Waals surface area contributed by atoms with Crippen molar-refractivity contribution in [3.8, 4) is 0 Å². The van der Waals surface area contributed by atoms with Crippen molar-refractivity contribution in [2.75, 3.05) is 6.61 Å². The fraction of sp³-hybridized carbons (Fsp3) is 0.895. The summed E-state index contributed by atoms with van der Waals surface area (Å²) in [4.78, 5) is 0. The number of hydrogen-bond acceptors (Lipinski definition) is 2. The van der Waals surface area contributed by atoms with Crippen LogP contribution in [-0.4, -0.2) is 23.9 Å². The largest absolute Gasteiger partial charge is 0.371 e. The van der Waals surface area contributed by atoms with Gasteiger partial charge in [-0.25, -0.2) is 0 Å². The zero-order chi connectivity index (χ0) is 15.5. The lowest BCUT2D eigenvalue weighted by atomic mass is 9.80. The summed E-state index contributed by atoms with van der Waals surface area (Å²) in [5, 5.41) is 0. The molecule has 2 rings (SSSR count). The van der Waals surface area contributed by atoms with E-state index in [-0.39, 0.29) is 11.2 Å². The Morgan fingerprint density at radius 3 is 2.48 bits per heavy atom. The highest BCUT2D eigenvalue weighted by Gasteiger charge is 2.49. The average Bonchev–Trinajstić information content (AvgIpc) is 2.85. The molecule has 0 bridgehead atoms. The summed E-state index contributed by atoms with van der Waals surface area (Å²) in [5.41, 5.74) is 1.28. The summed E-state index contributed by atoms with van der Waals surface area (Å²) >= 11 is 0. The molecule has 3 unspecified atom stereocenters. The lowest BCUT2D eigenvalue weighted by molar-refractivity contribution is -0.112. The number of fused-ring (bicyclic) bond motifs is 1. The molecule has 0 N–H and O–H groups in total. The Morgan fingerprint density at radius 1 is 1.19 bits per heavy atom. The minimum absolute atomic E-state index is 0.0583. The summed E-state index contributed by atoms with van der Waals surface area (Å²) in [5.74, 6) is 0.526. The second kappa shape index (κ2) is 6.83. The second-order valence-electron chi connectivity index (χ2n) is 7.39. The normalized spacial score (nSPS) is 35.9. The molecule has 0 saturated carbocycles. The number of rotatable bonds is 7. The van der Waals surface area contributed by atoms with Gasteiger partial charge in [0, 0.05) is 6.42 Å². The van der Waals surface area contributed by atoms with E-state index in [1.54, 1.807) is 0 Å². The van der Waals surface area contributed by atoms with Crippen molar-refractivity contribution < 1.29 is 9.47 Å². The standard InChI is InChI=1S/C19H34O2/c1-6-8-11-18(5)16-14-19(15(3)4,12-9-7-2)21-17(16)10-13-20-18/h14-15,17H,6-13H2,1-5H3. The topological polar surface area (TPSA) is 18.5 Å². The van der Waals surface area contributed by atoms with Crippen LogP contribution in [-0.2, 0) is 9.47 Å². The Kier molecular flexibility index (Phi) is 5.54. The predicted molar refractivity (Wildman–Crippen MR) is 88.5 cm³/mol. The van der Waals surface area contributed by atoms with Crippen molar-refractivity contribution in [3.63, 3.8) is 0 Å². The molecule has 2 aliphatic rings. The highest BCUT2D eigenvalue weighted by molar-refractivity contribution is 5.32. The van der Waals surface area contributed by atoms with E-state index < -0.39 is 0 Å². The third-order valence-corrected chi connectivity index (χ3v) is 5.43. The van der Waals surface area contributed by atoms with E-state index in [2.05, 4.69) is 40.7 Å². The van der Waals surface area contributed by atoms with E-state index >= 15 is 0 Å². The lowest BCUT2D eigenvalue weighted by Gasteiger charge is -2.39. The number of unbranched alkanes of at least 4 members (excludes halogenated alkanes) is 2. The van der Waals surface area contributed by atoms with Gasteiger partial charge in [0.05, 0.1) is 23.9 Å². The van der Waals surface area contributed by atoms with E-state index in [0.29, 0.717) is 12.0 Å². The van der Waals surface area contributed by atoms with Crippen LogP contribution in [0.3, 0.4) is 0 Å². The highest BCUT2D eigenvalue weighted by Crippen LogP contribution is 2.47. The maximum absolute atomic E-state index is 6.62. The van der Waals surface area contributed by atoms with Gasteiger partial charge in [-0.05, 0) is 37.3 Å². The molecule has 0 amide bonds. The van der Waals surface area contributed by atoms with Gasteiger partial charge >= 0.3 is 0 Å². The lowest BCUT2D eigenvalue weighted by Crippen LogP contribution is -2.42. The van der Waals surface area contributed by atoms with E-state index in [4.69, 9.17) is 9.47 Å². The van der Waals surface area contributed by atoms with Gasteiger partial charge in [0.1, 0.15) is 0 Å². The maximum Gasteiger partial charge on any atom is 0.0898 e. The van der Waals surface area contributed by atoms with Crippen LogP contribution in [0.5, 0.6) is 0 Å². The van der Waals surface area contributed by atoms with E-state index in [9.17, 15) is 0 Å². The molecular weight excluding hydrogens is 260 g/mol. The Bertz CT molecular complexity index is 374. The zero-order valence-corrected chi connectivity index (χ0v) is 14.7. The molecule has 1 saturated heterocycles.